The minimum absolute atomic E-state index is 0.631. The van der Waals surface area contributed by atoms with E-state index >= 15 is 0 Å². The van der Waals surface area contributed by atoms with Crippen molar-refractivity contribution < 1.29 is 4.74 Å². The molecule has 0 spiro atoms. The number of hydrogen-bond donors (Lipinski definition) is 1. The van der Waals surface area contributed by atoms with Crippen LogP contribution in [0.25, 0.3) is 0 Å². The van der Waals surface area contributed by atoms with Gasteiger partial charge in [-0.25, -0.2) is 0 Å². The van der Waals surface area contributed by atoms with Crippen LogP contribution in [0.5, 0.6) is 0 Å². The zero-order chi connectivity index (χ0) is 9.38. The maximum Gasteiger partial charge on any atom is 0.0622 e. The highest BCUT2D eigenvalue weighted by molar-refractivity contribution is 5.19. The number of ether oxygens (including phenoxy) is 1. The van der Waals surface area contributed by atoms with E-state index in [9.17, 15) is 0 Å². The van der Waals surface area contributed by atoms with Crippen LogP contribution in [0.1, 0.15) is 17.7 Å². The third-order valence-corrected chi connectivity index (χ3v) is 3.26. The Bertz CT molecular complexity index is 317. The fourth-order valence-electron chi connectivity index (χ4n) is 2.36. The lowest BCUT2D eigenvalue weighted by Crippen LogP contribution is -2.39. The minimum atomic E-state index is 0.631. The molecule has 1 N–H and O–H groups in total. The third-order valence-electron chi connectivity index (χ3n) is 3.26. The maximum absolute atomic E-state index is 5.41. The molecule has 0 bridgehead atoms. The van der Waals surface area contributed by atoms with Crippen molar-refractivity contribution in [2.24, 2.45) is 0 Å². The van der Waals surface area contributed by atoms with Gasteiger partial charge in [-0.1, -0.05) is 0 Å². The van der Waals surface area contributed by atoms with E-state index in [0.717, 1.165) is 32.7 Å². The van der Waals surface area contributed by atoms with E-state index in [1.54, 1.807) is 0 Å². The Morgan fingerprint density at radius 1 is 1.57 bits per heavy atom. The quantitative estimate of drug-likeness (QED) is 0.708. The molecule has 76 valence electrons. The summed E-state index contributed by atoms with van der Waals surface area (Å²) in [4.78, 5) is 2.51. The van der Waals surface area contributed by atoms with Crippen molar-refractivity contribution in [2.45, 2.75) is 25.4 Å². The molecule has 0 saturated carbocycles. The Hall–Kier alpha value is -0.870. The van der Waals surface area contributed by atoms with Crippen molar-refractivity contribution >= 4 is 0 Å². The Morgan fingerprint density at radius 2 is 2.57 bits per heavy atom. The standard InChI is InChI=1S/C10H15N3O/c1-3-13(9-2-4-14-7-9)6-10-8(1)5-11-12-10/h5,9H,1-4,6-7H2,(H,11,12). The zero-order valence-electron chi connectivity index (χ0n) is 8.20. The molecule has 14 heavy (non-hydrogen) atoms. The van der Waals surface area contributed by atoms with Crippen molar-refractivity contribution in [3.63, 3.8) is 0 Å². The van der Waals surface area contributed by atoms with E-state index in [1.165, 1.54) is 17.7 Å². The van der Waals surface area contributed by atoms with Crippen LogP contribution in [0, 0.1) is 0 Å². The summed E-state index contributed by atoms with van der Waals surface area (Å²) < 4.78 is 5.41. The molecular formula is C10H15N3O. The Labute approximate surface area is 83.2 Å². The van der Waals surface area contributed by atoms with Crippen molar-refractivity contribution in [2.75, 3.05) is 19.8 Å². The molecule has 0 radical (unpaired) electrons. The number of nitrogens with zero attached hydrogens (tertiary/aromatic N) is 2. The van der Waals surface area contributed by atoms with Gasteiger partial charge in [0.1, 0.15) is 0 Å². The molecule has 1 saturated heterocycles. The summed E-state index contributed by atoms with van der Waals surface area (Å²) in [6, 6.07) is 0.631. The zero-order valence-corrected chi connectivity index (χ0v) is 8.20. The first-order valence-electron chi connectivity index (χ1n) is 5.26. The van der Waals surface area contributed by atoms with Gasteiger partial charge in [-0.3, -0.25) is 10.00 Å². The second-order valence-electron chi connectivity index (χ2n) is 4.11. The van der Waals surface area contributed by atoms with Gasteiger partial charge in [0.05, 0.1) is 18.5 Å². The van der Waals surface area contributed by atoms with Gasteiger partial charge in [-0.2, -0.15) is 5.10 Å². The Kier molecular flexibility index (Phi) is 2.03. The third kappa shape index (κ3) is 1.35. The smallest absolute Gasteiger partial charge is 0.0622 e. The summed E-state index contributed by atoms with van der Waals surface area (Å²) in [5.41, 5.74) is 2.68. The molecule has 0 aliphatic carbocycles. The first-order chi connectivity index (χ1) is 6.93. The Morgan fingerprint density at radius 3 is 3.43 bits per heavy atom. The van der Waals surface area contributed by atoms with Crippen molar-refractivity contribution in [1.29, 1.82) is 0 Å². The molecule has 1 aromatic rings. The van der Waals surface area contributed by atoms with Crippen LogP contribution in [0.2, 0.25) is 0 Å². The Balaban J connectivity index is 1.74. The number of rotatable bonds is 1. The number of H-pyrrole nitrogens is 1. The SMILES string of the molecule is c1n[nH]c2c1CCN(C1CCOC1)C2. The fraction of sp³-hybridized carbons (Fsp3) is 0.700. The van der Waals surface area contributed by atoms with Gasteiger partial charge in [0.2, 0.25) is 0 Å². The topological polar surface area (TPSA) is 41.2 Å². The lowest BCUT2D eigenvalue weighted by Gasteiger charge is -2.30. The number of hydrogen-bond acceptors (Lipinski definition) is 3. The fourth-order valence-corrected chi connectivity index (χ4v) is 2.36. The number of nitrogens with one attached hydrogen (secondary N) is 1. The summed E-state index contributed by atoms with van der Waals surface area (Å²) in [5.74, 6) is 0. The minimum Gasteiger partial charge on any atom is -0.380 e. The second-order valence-corrected chi connectivity index (χ2v) is 4.11. The molecule has 2 aliphatic rings. The van der Waals surface area contributed by atoms with E-state index in [0.29, 0.717) is 6.04 Å². The summed E-state index contributed by atoms with van der Waals surface area (Å²) in [7, 11) is 0. The molecule has 3 heterocycles. The van der Waals surface area contributed by atoms with E-state index in [4.69, 9.17) is 4.74 Å². The van der Waals surface area contributed by atoms with Crippen molar-refractivity contribution in [3.8, 4) is 0 Å². The molecule has 1 fully saturated rings. The largest absolute Gasteiger partial charge is 0.380 e. The van der Waals surface area contributed by atoms with Crippen LogP contribution in [0.15, 0.2) is 6.20 Å². The van der Waals surface area contributed by atoms with E-state index in [1.807, 2.05) is 6.20 Å². The summed E-state index contributed by atoms with van der Waals surface area (Å²) >= 11 is 0. The van der Waals surface area contributed by atoms with Crippen molar-refractivity contribution in [1.82, 2.24) is 15.1 Å². The average molecular weight is 193 g/mol. The summed E-state index contributed by atoms with van der Waals surface area (Å²) in [6.45, 7) is 4.00. The highest BCUT2D eigenvalue weighted by atomic mass is 16.5. The summed E-state index contributed by atoms with van der Waals surface area (Å²) in [5, 5.41) is 7.16. The lowest BCUT2D eigenvalue weighted by molar-refractivity contribution is 0.134. The predicted octanol–water partition coefficient (Wildman–Crippen LogP) is 0.557. The van der Waals surface area contributed by atoms with Crippen LogP contribution in [0.3, 0.4) is 0 Å². The molecule has 0 aromatic carbocycles. The molecule has 4 heteroatoms. The van der Waals surface area contributed by atoms with Crippen LogP contribution >= 0.6 is 0 Å². The molecule has 1 atom stereocenters. The van der Waals surface area contributed by atoms with Gasteiger partial charge in [0.15, 0.2) is 0 Å². The van der Waals surface area contributed by atoms with E-state index < -0.39 is 0 Å². The number of aromatic nitrogens is 2. The molecular weight excluding hydrogens is 178 g/mol. The molecule has 1 aromatic heterocycles. The molecule has 4 nitrogen and oxygen atoms in total. The van der Waals surface area contributed by atoms with Crippen LogP contribution in [-0.4, -0.2) is 40.9 Å². The van der Waals surface area contributed by atoms with Gasteiger partial charge in [0, 0.05) is 25.7 Å². The predicted molar refractivity (Wildman–Crippen MR) is 51.9 cm³/mol. The summed E-state index contributed by atoms with van der Waals surface area (Å²) in [6.07, 6.45) is 4.27. The first kappa shape index (κ1) is 8.44. The van der Waals surface area contributed by atoms with Crippen LogP contribution in [-0.2, 0) is 17.7 Å². The molecule has 3 rings (SSSR count). The number of aromatic amines is 1. The average Bonchev–Trinajstić information content (AvgIpc) is 2.88. The van der Waals surface area contributed by atoms with Crippen LogP contribution < -0.4 is 0 Å². The van der Waals surface area contributed by atoms with Gasteiger partial charge >= 0.3 is 0 Å². The van der Waals surface area contributed by atoms with Crippen LogP contribution in [0.4, 0.5) is 0 Å². The van der Waals surface area contributed by atoms with E-state index in [-0.39, 0.29) is 0 Å². The van der Waals surface area contributed by atoms with E-state index in [2.05, 4.69) is 15.1 Å². The molecule has 2 aliphatic heterocycles. The van der Waals surface area contributed by atoms with Crippen molar-refractivity contribution in [3.05, 3.63) is 17.5 Å². The molecule has 1 unspecified atom stereocenters. The highest BCUT2D eigenvalue weighted by Crippen LogP contribution is 2.21. The monoisotopic (exact) mass is 193 g/mol. The highest BCUT2D eigenvalue weighted by Gasteiger charge is 2.27. The van der Waals surface area contributed by atoms with Gasteiger partial charge in [-0.05, 0) is 18.4 Å². The molecule has 0 amide bonds. The first-order valence-corrected chi connectivity index (χ1v) is 5.26. The maximum atomic E-state index is 5.41. The normalized spacial score (nSPS) is 27.9. The second kappa shape index (κ2) is 3.37. The number of fused-ring (bicyclic) bond motifs is 1. The van der Waals surface area contributed by atoms with Gasteiger partial charge in [0.25, 0.3) is 0 Å². The lowest BCUT2D eigenvalue weighted by atomic mass is 10.1. The van der Waals surface area contributed by atoms with Gasteiger partial charge in [-0.15, -0.1) is 0 Å². The van der Waals surface area contributed by atoms with Gasteiger partial charge < -0.3 is 4.74 Å².